The Kier molecular flexibility index (Phi) is 4.08. The smallest absolute Gasteiger partial charge is 0.163 e. The molecular formula is C15H14F2N2O. The molecule has 1 N–H and O–H groups in total. The summed E-state index contributed by atoms with van der Waals surface area (Å²) in [5, 5.41) is 2.92. The quantitative estimate of drug-likeness (QED) is 0.862. The summed E-state index contributed by atoms with van der Waals surface area (Å²) in [6.45, 7) is 3.12. The number of rotatable bonds is 4. The Morgan fingerprint density at radius 1 is 1.25 bits per heavy atom. The first kappa shape index (κ1) is 14.1. The number of carbonyl (C=O) groups is 1. The minimum atomic E-state index is -0.498. The first-order valence-electron chi connectivity index (χ1n) is 6.24. The number of hydrogen-bond acceptors (Lipinski definition) is 3. The van der Waals surface area contributed by atoms with Gasteiger partial charge in [-0.1, -0.05) is 6.92 Å². The molecule has 0 spiro atoms. The molecule has 2 aromatic rings. The fourth-order valence-corrected chi connectivity index (χ4v) is 1.81. The second-order valence-corrected chi connectivity index (χ2v) is 4.35. The van der Waals surface area contributed by atoms with Crippen LogP contribution >= 0.6 is 0 Å². The Labute approximate surface area is 115 Å². The van der Waals surface area contributed by atoms with Gasteiger partial charge in [-0.3, -0.25) is 4.79 Å². The van der Waals surface area contributed by atoms with Crippen molar-refractivity contribution in [3.63, 3.8) is 0 Å². The highest BCUT2D eigenvalue weighted by molar-refractivity contribution is 5.99. The molecule has 20 heavy (non-hydrogen) atoms. The number of Topliss-reactive ketones (excluding diaryl/α,β-unsaturated/α-hetero) is 1. The summed E-state index contributed by atoms with van der Waals surface area (Å²) < 4.78 is 26.5. The highest BCUT2D eigenvalue weighted by Crippen LogP contribution is 2.22. The van der Waals surface area contributed by atoms with Crippen molar-refractivity contribution < 1.29 is 13.6 Å². The zero-order valence-electron chi connectivity index (χ0n) is 11.2. The standard InChI is InChI=1S/C15H14F2N2O/c1-3-14-13(17)8-12(9(2)20)15(19-14)18-11-6-4-10(16)5-7-11/h4-8H,3H2,1-2H3,(H,18,19). The predicted molar refractivity (Wildman–Crippen MR) is 73.3 cm³/mol. The molecule has 2 rings (SSSR count). The maximum Gasteiger partial charge on any atom is 0.163 e. The van der Waals surface area contributed by atoms with Crippen LogP contribution in [0.1, 0.15) is 29.9 Å². The van der Waals surface area contributed by atoms with Gasteiger partial charge in [-0.05, 0) is 43.7 Å². The molecule has 1 heterocycles. The highest BCUT2D eigenvalue weighted by atomic mass is 19.1. The van der Waals surface area contributed by atoms with Gasteiger partial charge in [-0.25, -0.2) is 13.8 Å². The fourth-order valence-electron chi connectivity index (χ4n) is 1.81. The van der Waals surface area contributed by atoms with Crippen molar-refractivity contribution in [3.8, 4) is 0 Å². The molecule has 0 amide bonds. The minimum absolute atomic E-state index is 0.170. The van der Waals surface area contributed by atoms with E-state index >= 15 is 0 Å². The molecule has 0 saturated carbocycles. The van der Waals surface area contributed by atoms with Gasteiger partial charge in [-0.15, -0.1) is 0 Å². The molecule has 0 aliphatic carbocycles. The lowest BCUT2D eigenvalue weighted by atomic mass is 10.1. The molecule has 0 bridgehead atoms. The molecule has 0 radical (unpaired) electrons. The van der Waals surface area contributed by atoms with Gasteiger partial charge in [0.05, 0.1) is 11.3 Å². The average molecular weight is 276 g/mol. The van der Waals surface area contributed by atoms with Crippen molar-refractivity contribution in [1.29, 1.82) is 0 Å². The first-order valence-corrected chi connectivity index (χ1v) is 6.24. The number of anilines is 2. The summed E-state index contributed by atoms with van der Waals surface area (Å²) in [7, 11) is 0. The Hall–Kier alpha value is -2.30. The van der Waals surface area contributed by atoms with E-state index in [1.807, 2.05) is 0 Å². The molecule has 5 heteroatoms. The van der Waals surface area contributed by atoms with Crippen LogP contribution in [-0.4, -0.2) is 10.8 Å². The van der Waals surface area contributed by atoms with Crippen LogP contribution in [0.4, 0.5) is 20.3 Å². The molecule has 0 fully saturated rings. The second-order valence-electron chi connectivity index (χ2n) is 4.35. The monoisotopic (exact) mass is 276 g/mol. The summed E-state index contributed by atoms with van der Waals surface area (Å²) in [6, 6.07) is 6.81. The van der Waals surface area contributed by atoms with Crippen molar-refractivity contribution in [3.05, 3.63) is 53.2 Å². The van der Waals surface area contributed by atoms with Crippen molar-refractivity contribution in [2.75, 3.05) is 5.32 Å². The number of halogens is 2. The van der Waals surface area contributed by atoms with Gasteiger partial charge >= 0.3 is 0 Å². The Morgan fingerprint density at radius 3 is 2.45 bits per heavy atom. The van der Waals surface area contributed by atoms with Crippen LogP contribution in [0.25, 0.3) is 0 Å². The van der Waals surface area contributed by atoms with E-state index in [1.54, 1.807) is 6.92 Å². The number of aryl methyl sites for hydroxylation is 1. The van der Waals surface area contributed by atoms with Crippen LogP contribution in [0.3, 0.4) is 0 Å². The summed E-state index contributed by atoms with van der Waals surface area (Å²) in [5.74, 6) is -0.864. The van der Waals surface area contributed by atoms with E-state index in [-0.39, 0.29) is 28.7 Å². The molecule has 0 aliphatic heterocycles. The summed E-state index contributed by atoms with van der Waals surface area (Å²) in [5.41, 5.74) is 1.03. The Balaban J connectivity index is 2.43. The lowest BCUT2D eigenvalue weighted by Crippen LogP contribution is -2.07. The van der Waals surface area contributed by atoms with Gasteiger partial charge in [0.1, 0.15) is 17.5 Å². The maximum absolute atomic E-state index is 13.7. The molecule has 3 nitrogen and oxygen atoms in total. The first-order chi connectivity index (χ1) is 9.51. The SMILES string of the molecule is CCc1nc(Nc2ccc(F)cc2)c(C(C)=O)cc1F. The summed E-state index contributed by atoms with van der Waals surface area (Å²) in [4.78, 5) is 15.7. The molecule has 0 aliphatic rings. The number of nitrogens with zero attached hydrogens (tertiary/aromatic N) is 1. The molecule has 1 aromatic carbocycles. The number of benzene rings is 1. The third-order valence-electron chi connectivity index (χ3n) is 2.87. The number of aromatic nitrogens is 1. The van der Waals surface area contributed by atoms with Gasteiger partial charge in [0.15, 0.2) is 5.78 Å². The topological polar surface area (TPSA) is 42.0 Å². The van der Waals surface area contributed by atoms with E-state index in [4.69, 9.17) is 0 Å². The van der Waals surface area contributed by atoms with E-state index in [2.05, 4.69) is 10.3 Å². The molecule has 104 valence electrons. The Morgan fingerprint density at radius 2 is 1.90 bits per heavy atom. The third-order valence-corrected chi connectivity index (χ3v) is 2.87. The van der Waals surface area contributed by atoms with E-state index in [1.165, 1.54) is 37.3 Å². The molecular weight excluding hydrogens is 262 g/mol. The molecule has 0 saturated heterocycles. The summed E-state index contributed by atoms with van der Waals surface area (Å²) >= 11 is 0. The number of ketones is 1. The van der Waals surface area contributed by atoms with Gasteiger partial charge in [0.25, 0.3) is 0 Å². The number of carbonyl (C=O) groups excluding carboxylic acids is 1. The normalized spacial score (nSPS) is 10.4. The number of hydrogen-bond donors (Lipinski definition) is 1. The molecule has 0 atom stereocenters. The van der Waals surface area contributed by atoms with Gasteiger partial charge in [0, 0.05) is 5.69 Å². The third kappa shape index (κ3) is 2.99. The number of pyridine rings is 1. The lowest BCUT2D eigenvalue weighted by Gasteiger charge is -2.11. The van der Waals surface area contributed by atoms with Crippen molar-refractivity contribution in [2.24, 2.45) is 0 Å². The van der Waals surface area contributed by atoms with E-state index in [0.29, 0.717) is 12.1 Å². The van der Waals surface area contributed by atoms with E-state index in [0.717, 1.165) is 0 Å². The highest BCUT2D eigenvalue weighted by Gasteiger charge is 2.14. The Bertz CT molecular complexity index is 639. The fraction of sp³-hybridized carbons (Fsp3) is 0.200. The van der Waals surface area contributed by atoms with Crippen LogP contribution in [0.2, 0.25) is 0 Å². The second kappa shape index (κ2) is 5.77. The van der Waals surface area contributed by atoms with Crippen LogP contribution in [0.15, 0.2) is 30.3 Å². The minimum Gasteiger partial charge on any atom is -0.340 e. The zero-order chi connectivity index (χ0) is 14.7. The number of nitrogens with one attached hydrogen (secondary N) is 1. The van der Waals surface area contributed by atoms with Crippen LogP contribution in [0.5, 0.6) is 0 Å². The molecule has 0 unspecified atom stereocenters. The van der Waals surface area contributed by atoms with E-state index in [9.17, 15) is 13.6 Å². The van der Waals surface area contributed by atoms with Crippen molar-refractivity contribution in [1.82, 2.24) is 4.98 Å². The van der Waals surface area contributed by atoms with Gasteiger partial charge in [-0.2, -0.15) is 0 Å². The largest absolute Gasteiger partial charge is 0.340 e. The summed E-state index contributed by atoms with van der Waals surface area (Å²) in [6.07, 6.45) is 0.419. The van der Waals surface area contributed by atoms with Gasteiger partial charge in [0.2, 0.25) is 0 Å². The van der Waals surface area contributed by atoms with Crippen LogP contribution < -0.4 is 5.32 Å². The van der Waals surface area contributed by atoms with Crippen LogP contribution in [0, 0.1) is 11.6 Å². The zero-order valence-corrected chi connectivity index (χ0v) is 11.2. The van der Waals surface area contributed by atoms with Crippen molar-refractivity contribution >= 4 is 17.3 Å². The lowest BCUT2D eigenvalue weighted by molar-refractivity contribution is 0.101. The predicted octanol–water partition coefficient (Wildman–Crippen LogP) is 3.87. The maximum atomic E-state index is 13.7. The van der Waals surface area contributed by atoms with Gasteiger partial charge < -0.3 is 5.32 Å². The molecule has 1 aromatic heterocycles. The van der Waals surface area contributed by atoms with Crippen molar-refractivity contribution in [2.45, 2.75) is 20.3 Å². The van der Waals surface area contributed by atoms with E-state index < -0.39 is 5.82 Å². The average Bonchev–Trinajstić information content (AvgIpc) is 2.42. The van der Waals surface area contributed by atoms with Crippen LogP contribution in [-0.2, 0) is 6.42 Å².